The average Bonchev–Trinajstić information content (AvgIpc) is 2.17. The smallest absolute Gasteiger partial charge is 0.00462 e. The molecule has 0 aromatic carbocycles. The third kappa shape index (κ3) is 3.98. The SMILES string of the molecule is C=CCCCC1CC(C)(C)CCC1CN. The normalized spacial score (nSPS) is 30.1. The molecule has 0 heterocycles. The van der Waals surface area contributed by atoms with Crippen LogP contribution in [0.3, 0.4) is 0 Å². The van der Waals surface area contributed by atoms with Gasteiger partial charge in [-0.25, -0.2) is 0 Å². The second-order valence-electron chi connectivity index (χ2n) is 5.88. The van der Waals surface area contributed by atoms with Crippen molar-refractivity contribution in [3.05, 3.63) is 12.7 Å². The molecule has 1 rings (SSSR count). The van der Waals surface area contributed by atoms with Gasteiger partial charge in [0.15, 0.2) is 0 Å². The molecule has 0 saturated heterocycles. The van der Waals surface area contributed by atoms with Crippen molar-refractivity contribution in [2.45, 2.75) is 52.4 Å². The fourth-order valence-electron chi connectivity index (χ4n) is 2.96. The average molecular weight is 209 g/mol. The van der Waals surface area contributed by atoms with E-state index in [0.29, 0.717) is 5.41 Å². The Kier molecular flexibility index (Phi) is 4.85. The molecule has 0 bridgehead atoms. The molecule has 1 aliphatic carbocycles. The predicted molar refractivity (Wildman–Crippen MR) is 67.7 cm³/mol. The highest BCUT2D eigenvalue weighted by atomic mass is 14.6. The van der Waals surface area contributed by atoms with E-state index in [4.69, 9.17) is 5.73 Å². The molecule has 0 radical (unpaired) electrons. The van der Waals surface area contributed by atoms with Crippen LogP contribution in [0, 0.1) is 17.3 Å². The molecule has 1 heteroatoms. The molecule has 2 N–H and O–H groups in total. The molecular weight excluding hydrogens is 182 g/mol. The van der Waals surface area contributed by atoms with E-state index in [2.05, 4.69) is 20.4 Å². The number of hydrogen-bond donors (Lipinski definition) is 1. The standard InChI is InChI=1S/C14H27N/c1-4-5-6-7-12-10-14(2,3)9-8-13(12)11-15/h4,12-13H,1,5-11,15H2,2-3H3. The highest BCUT2D eigenvalue weighted by molar-refractivity contribution is 4.85. The number of allylic oxidation sites excluding steroid dienone is 1. The van der Waals surface area contributed by atoms with Gasteiger partial charge < -0.3 is 5.73 Å². The highest BCUT2D eigenvalue weighted by Crippen LogP contribution is 2.43. The fraction of sp³-hybridized carbons (Fsp3) is 0.857. The summed E-state index contributed by atoms with van der Waals surface area (Å²) in [5.74, 6) is 1.64. The van der Waals surface area contributed by atoms with Crippen LogP contribution >= 0.6 is 0 Å². The molecule has 0 amide bonds. The first-order valence-electron chi connectivity index (χ1n) is 6.40. The van der Waals surface area contributed by atoms with Crippen LogP contribution < -0.4 is 5.73 Å². The zero-order valence-corrected chi connectivity index (χ0v) is 10.5. The lowest BCUT2D eigenvalue weighted by Crippen LogP contribution is -2.34. The third-order valence-corrected chi connectivity index (χ3v) is 3.96. The predicted octanol–water partition coefficient (Wildman–Crippen LogP) is 3.74. The number of unbranched alkanes of at least 4 members (excludes halogenated alkanes) is 1. The maximum absolute atomic E-state index is 5.87. The maximum Gasteiger partial charge on any atom is -0.00462 e. The molecule has 1 saturated carbocycles. The highest BCUT2D eigenvalue weighted by Gasteiger charge is 2.33. The number of rotatable bonds is 5. The van der Waals surface area contributed by atoms with Crippen LogP contribution in [0.5, 0.6) is 0 Å². The minimum atomic E-state index is 0.546. The second-order valence-corrected chi connectivity index (χ2v) is 5.88. The zero-order chi connectivity index (χ0) is 11.3. The lowest BCUT2D eigenvalue weighted by molar-refractivity contribution is 0.114. The van der Waals surface area contributed by atoms with Gasteiger partial charge >= 0.3 is 0 Å². The first kappa shape index (κ1) is 12.8. The molecule has 0 aromatic rings. The fourth-order valence-corrected chi connectivity index (χ4v) is 2.96. The van der Waals surface area contributed by atoms with Crippen molar-refractivity contribution in [1.82, 2.24) is 0 Å². The van der Waals surface area contributed by atoms with E-state index >= 15 is 0 Å². The second kappa shape index (κ2) is 5.69. The van der Waals surface area contributed by atoms with E-state index in [9.17, 15) is 0 Å². The van der Waals surface area contributed by atoms with Crippen LogP contribution in [-0.4, -0.2) is 6.54 Å². The summed E-state index contributed by atoms with van der Waals surface area (Å²) < 4.78 is 0. The van der Waals surface area contributed by atoms with Gasteiger partial charge in [-0.1, -0.05) is 19.9 Å². The molecule has 1 fully saturated rings. The van der Waals surface area contributed by atoms with Crippen LogP contribution in [-0.2, 0) is 0 Å². The summed E-state index contributed by atoms with van der Waals surface area (Å²) in [6.45, 7) is 9.48. The Morgan fingerprint density at radius 3 is 2.73 bits per heavy atom. The summed E-state index contributed by atoms with van der Waals surface area (Å²) in [4.78, 5) is 0. The Hall–Kier alpha value is -0.300. The van der Waals surface area contributed by atoms with E-state index in [1.165, 1.54) is 32.1 Å². The Morgan fingerprint density at radius 1 is 1.40 bits per heavy atom. The van der Waals surface area contributed by atoms with Gasteiger partial charge in [0.05, 0.1) is 0 Å². The van der Waals surface area contributed by atoms with Gasteiger partial charge in [0.25, 0.3) is 0 Å². The van der Waals surface area contributed by atoms with Crippen molar-refractivity contribution < 1.29 is 0 Å². The van der Waals surface area contributed by atoms with Crippen molar-refractivity contribution in [3.8, 4) is 0 Å². The quantitative estimate of drug-likeness (QED) is 0.541. The van der Waals surface area contributed by atoms with Gasteiger partial charge in [-0.3, -0.25) is 0 Å². The molecule has 0 spiro atoms. The summed E-state index contributed by atoms with van der Waals surface area (Å²) >= 11 is 0. The Balaban J connectivity index is 2.44. The Morgan fingerprint density at radius 2 is 2.13 bits per heavy atom. The van der Waals surface area contributed by atoms with E-state index in [1.807, 2.05) is 6.08 Å². The van der Waals surface area contributed by atoms with E-state index in [-0.39, 0.29) is 0 Å². The molecule has 88 valence electrons. The molecule has 0 aliphatic heterocycles. The molecule has 15 heavy (non-hydrogen) atoms. The number of hydrogen-bond acceptors (Lipinski definition) is 1. The van der Waals surface area contributed by atoms with Gasteiger partial charge in [0, 0.05) is 0 Å². The Bertz CT molecular complexity index is 196. The summed E-state index contributed by atoms with van der Waals surface area (Å²) in [6.07, 6.45) is 9.89. The topological polar surface area (TPSA) is 26.0 Å². The van der Waals surface area contributed by atoms with E-state index < -0.39 is 0 Å². The minimum Gasteiger partial charge on any atom is -0.330 e. The Labute approximate surface area is 95.1 Å². The van der Waals surface area contributed by atoms with Crippen molar-refractivity contribution in [2.75, 3.05) is 6.54 Å². The minimum absolute atomic E-state index is 0.546. The van der Waals surface area contributed by atoms with Gasteiger partial charge in [0.2, 0.25) is 0 Å². The van der Waals surface area contributed by atoms with Crippen LogP contribution in [0.4, 0.5) is 0 Å². The molecule has 0 aromatic heterocycles. The van der Waals surface area contributed by atoms with Crippen molar-refractivity contribution in [3.63, 3.8) is 0 Å². The summed E-state index contributed by atoms with van der Waals surface area (Å²) in [5, 5.41) is 0. The molecule has 2 unspecified atom stereocenters. The lowest BCUT2D eigenvalue weighted by Gasteiger charge is -2.40. The summed E-state index contributed by atoms with van der Waals surface area (Å²) in [6, 6.07) is 0. The van der Waals surface area contributed by atoms with E-state index in [1.54, 1.807) is 0 Å². The molecular formula is C14H27N. The third-order valence-electron chi connectivity index (χ3n) is 3.96. The largest absolute Gasteiger partial charge is 0.330 e. The first-order chi connectivity index (χ1) is 7.09. The van der Waals surface area contributed by atoms with Crippen LogP contribution in [0.2, 0.25) is 0 Å². The maximum atomic E-state index is 5.87. The first-order valence-corrected chi connectivity index (χ1v) is 6.40. The monoisotopic (exact) mass is 209 g/mol. The van der Waals surface area contributed by atoms with E-state index in [0.717, 1.165) is 24.8 Å². The number of nitrogens with two attached hydrogens (primary N) is 1. The van der Waals surface area contributed by atoms with Gasteiger partial charge in [-0.05, 0) is 62.3 Å². The van der Waals surface area contributed by atoms with Crippen molar-refractivity contribution in [1.29, 1.82) is 0 Å². The summed E-state index contributed by atoms with van der Waals surface area (Å²) in [5.41, 5.74) is 6.41. The van der Waals surface area contributed by atoms with Crippen LogP contribution in [0.25, 0.3) is 0 Å². The molecule has 1 nitrogen and oxygen atoms in total. The lowest BCUT2D eigenvalue weighted by atomic mass is 9.66. The van der Waals surface area contributed by atoms with Gasteiger partial charge in [-0.2, -0.15) is 0 Å². The molecule has 2 atom stereocenters. The van der Waals surface area contributed by atoms with Crippen molar-refractivity contribution >= 4 is 0 Å². The van der Waals surface area contributed by atoms with Gasteiger partial charge in [-0.15, -0.1) is 6.58 Å². The van der Waals surface area contributed by atoms with Crippen molar-refractivity contribution in [2.24, 2.45) is 23.0 Å². The zero-order valence-electron chi connectivity index (χ0n) is 10.5. The van der Waals surface area contributed by atoms with Crippen LogP contribution in [0.1, 0.15) is 52.4 Å². The molecule has 1 aliphatic rings. The van der Waals surface area contributed by atoms with Gasteiger partial charge in [0.1, 0.15) is 0 Å². The summed E-state index contributed by atoms with van der Waals surface area (Å²) in [7, 11) is 0. The van der Waals surface area contributed by atoms with Crippen LogP contribution in [0.15, 0.2) is 12.7 Å².